The fourth-order valence-electron chi connectivity index (χ4n) is 1.99. The Balaban J connectivity index is 2.28. The third kappa shape index (κ3) is 2.32. The number of rotatable bonds is 4. The molecule has 0 heterocycles. The van der Waals surface area contributed by atoms with Gasteiger partial charge in [0.1, 0.15) is 5.70 Å². The van der Waals surface area contributed by atoms with Crippen LogP contribution in [0.3, 0.4) is 0 Å². The molecular formula is C14H15NO5. The molecule has 20 heavy (non-hydrogen) atoms. The molecule has 0 aliphatic heterocycles. The van der Waals surface area contributed by atoms with Gasteiger partial charge in [0.25, 0.3) is 0 Å². The number of aromatic hydroxyl groups is 2. The lowest BCUT2D eigenvalue weighted by atomic mass is 10.1. The van der Waals surface area contributed by atoms with Gasteiger partial charge in [-0.15, -0.1) is 0 Å². The van der Waals surface area contributed by atoms with Crippen molar-refractivity contribution in [2.75, 3.05) is 0 Å². The zero-order chi connectivity index (χ0) is 14.9. The van der Waals surface area contributed by atoms with E-state index in [0.717, 1.165) is 18.6 Å². The van der Waals surface area contributed by atoms with Gasteiger partial charge in [-0.05, 0) is 18.6 Å². The standard InChI is InChI=1S/C14H15NO5/c1-2-3-4-11(18)15-12-13(19)7-5-9(16)10(17)6-8(7)14(12)20/h5-6,16-17H,2-4H2,1H3,(H2,15,18,19,20). The number of nitrogens with one attached hydrogen (secondary N) is 1. The number of phenolic OH excluding ortho intramolecular Hbond substituents is 2. The van der Waals surface area contributed by atoms with Gasteiger partial charge in [0.15, 0.2) is 17.3 Å². The van der Waals surface area contributed by atoms with E-state index in [4.69, 9.17) is 0 Å². The lowest BCUT2D eigenvalue weighted by molar-refractivity contribution is -0.120. The van der Waals surface area contributed by atoms with Crippen LogP contribution in [0.4, 0.5) is 0 Å². The van der Waals surface area contributed by atoms with E-state index in [1.54, 1.807) is 0 Å². The number of hydrogen-bond donors (Lipinski definition) is 4. The van der Waals surface area contributed by atoms with Crippen molar-refractivity contribution in [1.82, 2.24) is 5.32 Å². The third-order valence-electron chi connectivity index (χ3n) is 3.10. The first-order chi connectivity index (χ1) is 9.45. The summed E-state index contributed by atoms with van der Waals surface area (Å²) in [5.74, 6) is -2.24. The number of phenols is 2. The molecule has 4 N–H and O–H groups in total. The van der Waals surface area contributed by atoms with E-state index < -0.39 is 23.0 Å². The summed E-state index contributed by atoms with van der Waals surface area (Å²) < 4.78 is 0. The van der Waals surface area contributed by atoms with Gasteiger partial charge in [-0.3, -0.25) is 9.59 Å². The highest BCUT2D eigenvalue weighted by Gasteiger charge is 2.32. The lowest BCUT2D eigenvalue weighted by Gasteiger charge is -2.04. The van der Waals surface area contributed by atoms with E-state index in [1.807, 2.05) is 6.92 Å². The van der Waals surface area contributed by atoms with Crippen LogP contribution in [0.15, 0.2) is 17.8 Å². The lowest BCUT2D eigenvalue weighted by Crippen LogP contribution is -2.26. The van der Waals surface area contributed by atoms with Gasteiger partial charge in [-0.2, -0.15) is 0 Å². The Morgan fingerprint density at radius 3 is 2.35 bits per heavy atom. The minimum atomic E-state index is -0.586. The molecule has 0 saturated carbocycles. The van der Waals surface area contributed by atoms with Crippen LogP contribution < -0.4 is 5.32 Å². The molecule has 1 amide bonds. The fourth-order valence-corrected chi connectivity index (χ4v) is 1.99. The Labute approximate surface area is 115 Å². The highest BCUT2D eigenvalue weighted by molar-refractivity contribution is 6.20. The van der Waals surface area contributed by atoms with E-state index in [9.17, 15) is 24.9 Å². The Morgan fingerprint density at radius 2 is 1.75 bits per heavy atom. The van der Waals surface area contributed by atoms with Crippen molar-refractivity contribution in [3.8, 4) is 11.5 Å². The van der Waals surface area contributed by atoms with Crippen molar-refractivity contribution in [3.05, 3.63) is 29.0 Å². The summed E-state index contributed by atoms with van der Waals surface area (Å²) in [6, 6.07) is 2.15. The molecule has 2 rings (SSSR count). The average molecular weight is 277 g/mol. The van der Waals surface area contributed by atoms with Crippen LogP contribution in [0.2, 0.25) is 0 Å². The van der Waals surface area contributed by atoms with Crippen molar-refractivity contribution in [3.63, 3.8) is 0 Å². The van der Waals surface area contributed by atoms with Crippen LogP contribution in [0, 0.1) is 0 Å². The Kier molecular flexibility index (Phi) is 3.65. The number of aliphatic hydroxyl groups excluding tert-OH is 1. The van der Waals surface area contributed by atoms with E-state index in [-0.39, 0.29) is 29.2 Å². The molecule has 0 radical (unpaired) electrons. The van der Waals surface area contributed by atoms with Crippen molar-refractivity contribution in [1.29, 1.82) is 0 Å². The first kappa shape index (κ1) is 13.9. The molecule has 0 saturated heterocycles. The highest BCUT2D eigenvalue weighted by Crippen LogP contribution is 2.37. The molecule has 1 aliphatic carbocycles. The van der Waals surface area contributed by atoms with Gasteiger partial charge < -0.3 is 20.6 Å². The van der Waals surface area contributed by atoms with Crippen LogP contribution in [0.25, 0.3) is 5.76 Å². The number of fused-ring (bicyclic) bond motifs is 1. The molecule has 0 spiro atoms. The van der Waals surface area contributed by atoms with Gasteiger partial charge in [0.2, 0.25) is 11.7 Å². The second-order valence-corrected chi connectivity index (χ2v) is 4.59. The number of unbranched alkanes of at least 4 members (excludes halogenated alkanes) is 1. The molecule has 0 unspecified atom stereocenters. The molecular weight excluding hydrogens is 262 g/mol. The number of amides is 1. The predicted molar refractivity (Wildman–Crippen MR) is 71.3 cm³/mol. The maximum Gasteiger partial charge on any atom is 0.224 e. The average Bonchev–Trinajstić information content (AvgIpc) is 2.63. The maximum absolute atomic E-state index is 12.1. The summed E-state index contributed by atoms with van der Waals surface area (Å²) in [5.41, 5.74) is -0.0780. The number of hydrogen-bond acceptors (Lipinski definition) is 5. The minimum absolute atomic E-state index is 0.0450. The molecule has 0 atom stereocenters. The monoisotopic (exact) mass is 277 g/mol. The Bertz CT molecular complexity index is 618. The van der Waals surface area contributed by atoms with Crippen molar-refractivity contribution >= 4 is 17.4 Å². The molecule has 1 aromatic rings. The minimum Gasteiger partial charge on any atom is -0.505 e. The van der Waals surface area contributed by atoms with Crippen LogP contribution in [-0.2, 0) is 4.79 Å². The van der Waals surface area contributed by atoms with Crippen LogP contribution in [0.5, 0.6) is 11.5 Å². The van der Waals surface area contributed by atoms with Crippen molar-refractivity contribution < 1.29 is 24.9 Å². The summed E-state index contributed by atoms with van der Waals surface area (Å²) in [4.78, 5) is 23.7. The quantitative estimate of drug-likeness (QED) is 0.628. The van der Waals surface area contributed by atoms with Gasteiger partial charge in [0.05, 0.1) is 0 Å². The zero-order valence-electron chi connectivity index (χ0n) is 10.9. The van der Waals surface area contributed by atoms with E-state index in [1.165, 1.54) is 0 Å². The summed E-state index contributed by atoms with van der Waals surface area (Å²) in [5, 5.41) is 31.1. The van der Waals surface area contributed by atoms with Crippen molar-refractivity contribution in [2.24, 2.45) is 0 Å². The largest absolute Gasteiger partial charge is 0.505 e. The molecule has 0 fully saturated rings. The number of Topliss-reactive ketones (excluding diaryl/α,β-unsaturated/α-hetero) is 1. The van der Waals surface area contributed by atoms with Crippen molar-refractivity contribution in [2.45, 2.75) is 26.2 Å². The molecule has 0 aromatic heterocycles. The summed E-state index contributed by atoms with van der Waals surface area (Å²) in [6.07, 6.45) is 1.78. The maximum atomic E-state index is 12.1. The summed E-state index contributed by atoms with van der Waals surface area (Å²) >= 11 is 0. The van der Waals surface area contributed by atoms with E-state index >= 15 is 0 Å². The first-order valence-electron chi connectivity index (χ1n) is 6.29. The number of benzene rings is 1. The third-order valence-corrected chi connectivity index (χ3v) is 3.10. The summed E-state index contributed by atoms with van der Waals surface area (Å²) in [7, 11) is 0. The fraction of sp³-hybridized carbons (Fsp3) is 0.286. The first-order valence-corrected chi connectivity index (χ1v) is 6.29. The van der Waals surface area contributed by atoms with Crippen LogP contribution in [0.1, 0.15) is 42.1 Å². The van der Waals surface area contributed by atoms with E-state index in [2.05, 4.69) is 5.32 Å². The highest BCUT2D eigenvalue weighted by atomic mass is 16.3. The molecule has 1 aliphatic rings. The normalized spacial score (nSPS) is 13.6. The zero-order valence-corrected chi connectivity index (χ0v) is 10.9. The molecule has 6 heteroatoms. The van der Waals surface area contributed by atoms with Gasteiger partial charge in [0, 0.05) is 17.5 Å². The molecule has 6 nitrogen and oxygen atoms in total. The van der Waals surface area contributed by atoms with Crippen LogP contribution in [-0.4, -0.2) is 27.0 Å². The Morgan fingerprint density at radius 1 is 1.15 bits per heavy atom. The molecule has 1 aromatic carbocycles. The number of allylic oxidation sites excluding steroid dienone is 1. The Hall–Kier alpha value is -2.50. The summed E-state index contributed by atoms with van der Waals surface area (Å²) in [6.45, 7) is 1.94. The van der Waals surface area contributed by atoms with Crippen LogP contribution >= 0.6 is 0 Å². The SMILES string of the molecule is CCCCC(=O)NC1=C(O)c2cc(O)c(O)cc2C1=O. The second-order valence-electron chi connectivity index (χ2n) is 4.59. The van der Waals surface area contributed by atoms with Gasteiger partial charge in [-0.1, -0.05) is 13.3 Å². The van der Waals surface area contributed by atoms with E-state index in [0.29, 0.717) is 6.42 Å². The number of aliphatic hydroxyl groups is 1. The number of ketones is 1. The topological polar surface area (TPSA) is 107 Å². The van der Waals surface area contributed by atoms with Gasteiger partial charge in [-0.25, -0.2) is 0 Å². The number of carbonyl (C=O) groups is 2. The second kappa shape index (κ2) is 5.24. The molecule has 0 bridgehead atoms. The smallest absolute Gasteiger partial charge is 0.224 e. The molecule has 106 valence electrons. The number of carbonyl (C=O) groups excluding carboxylic acids is 2. The predicted octanol–water partition coefficient (Wildman–Crippen LogP) is 1.83. The van der Waals surface area contributed by atoms with Gasteiger partial charge >= 0.3 is 0 Å².